The molecule has 4 unspecified atom stereocenters. The zero-order valence-corrected chi connectivity index (χ0v) is 18.6. The predicted octanol–water partition coefficient (Wildman–Crippen LogP) is 3.49. The highest BCUT2D eigenvalue weighted by atomic mass is 31.1. The van der Waals surface area contributed by atoms with Crippen molar-refractivity contribution in [2.45, 2.75) is 25.9 Å². The van der Waals surface area contributed by atoms with Crippen molar-refractivity contribution in [2.75, 3.05) is 26.4 Å². The molecule has 0 fully saturated rings. The van der Waals surface area contributed by atoms with Gasteiger partial charge in [0.15, 0.2) is 0 Å². The Morgan fingerprint density at radius 2 is 1.07 bits per heavy atom. The molecule has 4 N–H and O–H groups in total. The van der Waals surface area contributed by atoms with E-state index in [1.165, 1.54) is 0 Å². The zero-order chi connectivity index (χ0) is 21.8. The minimum absolute atomic E-state index is 0.0254. The lowest BCUT2D eigenvalue weighted by atomic mass is 10.1. The highest BCUT2D eigenvalue weighted by Gasteiger charge is 2.18. The molecule has 4 atom stereocenters. The second kappa shape index (κ2) is 13.4. The summed E-state index contributed by atoms with van der Waals surface area (Å²) in [6.07, 6.45) is 0. The monoisotopic (exact) mass is 436 g/mol. The number of hydrogen-bond donors (Lipinski definition) is 2. The molecule has 2 rings (SSSR count). The van der Waals surface area contributed by atoms with Crippen molar-refractivity contribution in [3.05, 3.63) is 60.7 Å². The topological polar surface area (TPSA) is 106 Å². The second-order valence-electron chi connectivity index (χ2n) is 7.40. The molecule has 0 spiro atoms. The molecule has 0 radical (unpaired) electrons. The maximum Gasteiger partial charge on any atom is 0.319 e. The van der Waals surface area contributed by atoms with Crippen LogP contribution in [0.4, 0.5) is 0 Å². The molecule has 0 amide bonds. The van der Waals surface area contributed by atoms with Gasteiger partial charge in [-0.3, -0.25) is 4.57 Å². The lowest BCUT2D eigenvalue weighted by Crippen LogP contribution is -2.36. The molecule has 0 aliphatic heterocycles. The highest BCUT2D eigenvalue weighted by molar-refractivity contribution is 7.33. The average Bonchev–Trinajstić information content (AvgIpc) is 2.79. The fourth-order valence-corrected chi connectivity index (χ4v) is 3.18. The molecule has 0 saturated carbocycles. The number of ether oxygens (including phenoxy) is 2. The first kappa shape index (κ1) is 24.4. The van der Waals surface area contributed by atoms with Crippen LogP contribution in [0, 0.1) is 11.8 Å². The maximum atomic E-state index is 12.0. The number of nitrogens with two attached hydrogens (primary N) is 2. The first-order valence-electron chi connectivity index (χ1n) is 10.1. The molecular weight excluding hydrogens is 403 g/mol. The summed E-state index contributed by atoms with van der Waals surface area (Å²) in [5.74, 6) is 1.62. The first-order chi connectivity index (χ1) is 14.5. The van der Waals surface area contributed by atoms with Crippen molar-refractivity contribution in [2.24, 2.45) is 23.3 Å². The smallest absolute Gasteiger partial charge is 0.319 e. The number of para-hydroxylation sites is 2. The third-order valence-electron chi connectivity index (χ3n) is 4.76. The van der Waals surface area contributed by atoms with Gasteiger partial charge in [-0.1, -0.05) is 50.2 Å². The van der Waals surface area contributed by atoms with Crippen molar-refractivity contribution in [3.63, 3.8) is 0 Å². The van der Waals surface area contributed by atoms with Gasteiger partial charge in [-0.05, 0) is 24.3 Å². The molecule has 0 bridgehead atoms. The van der Waals surface area contributed by atoms with Gasteiger partial charge < -0.3 is 30.0 Å². The highest BCUT2D eigenvalue weighted by Crippen LogP contribution is 2.25. The quantitative estimate of drug-likeness (QED) is 0.437. The van der Waals surface area contributed by atoms with Crippen LogP contribution in [-0.2, 0) is 13.6 Å². The Kier molecular flexibility index (Phi) is 10.9. The van der Waals surface area contributed by atoms with Crippen LogP contribution < -0.4 is 20.9 Å². The second-order valence-corrected chi connectivity index (χ2v) is 8.48. The van der Waals surface area contributed by atoms with Gasteiger partial charge >= 0.3 is 8.25 Å². The van der Waals surface area contributed by atoms with Gasteiger partial charge in [-0.15, -0.1) is 0 Å². The van der Waals surface area contributed by atoms with E-state index in [1.54, 1.807) is 0 Å². The summed E-state index contributed by atoms with van der Waals surface area (Å²) in [4.78, 5) is 0. The van der Waals surface area contributed by atoms with E-state index in [-0.39, 0.29) is 37.1 Å². The summed E-state index contributed by atoms with van der Waals surface area (Å²) in [5, 5.41) is 0. The van der Waals surface area contributed by atoms with Crippen LogP contribution in [0.2, 0.25) is 0 Å². The Morgan fingerprint density at radius 1 is 0.700 bits per heavy atom. The summed E-state index contributed by atoms with van der Waals surface area (Å²) in [6, 6.07) is 18.4. The molecule has 166 valence electrons. The molecule has 0 saturated heterocycles. The Labute approximate surface area is 179 Å². The molecule has 0 aliphatic carbocycles. The summed E-state index contributed by atoms with van der Waals surface area (Å²) >= 11 is 0. The van der Waals surface area contributed by atoms with E-state index in [9.17, 15) is 4.57 Å². The third-order valence-corrected chi connectivity index (χ3v) is 5.57. The van der Waals surface area contributed by atoms with E-state index in [1.807, 2.05) is 74.5 Å². The summed E-state index contributed by atoms with van der Waals surface area (Å²) in [6.45, 7) is 5.05. The van der Waals surface area contributed by atoms with Gasteiger partial charge in [0.2, 0.25) is 0 Å². The van der Waals surface area contributed by atoms with E-state index in [0.29, 0.717) is 13.2 Å². The molecule has 0 heterocycles. The first-order valence-corrected chi connectivity index (χ1v) is 11.3. The Hall–Kier alpha value is -1.89. The fraction of sp³-hybridized carbons (Fsp3) is 0.455. The Bertz CT molecular complexity index is 673. The Balaban J connectivity index is 1.59. The van der Waals surface area contributed by atoms with Crippen molar-refractivity contribution in [1.29, 1.82) is 0 Å². The van der Waals surface area contributed by atoms with Gasteiger partial charge in [0.05, 0.1) is 26.4 Å². The van der Waals surface area contributed by atoms with E-state index in [4.69, 9.17) is 30.0 Å². The van der Waals surface area contributed by atoms with E-state index in [0.717, 1.165) is 11.5 Å². The predicted molar refractivity (Wildman–Crippen MR) is 119 cm³/mol. The van der Waals surface area contributed by atoms with Crippen LogP contribution in [0.5, 0.6) is 11.5 Å². The van der Waals surface area contributed by atoms with E-state index in [2.05, 4.69) is 0 Å². The maximum absolute atomic E-state index is 12.0. The fourth-order valence-electron chi connectivity index (χ4n) is 2.43. The average molecular weight is 436 g/mol. The molecular formula is C22H33N2O5P. The largest absolute Gasteiger partial charge is 0.493 e. The van der Waals surface area contributed by atoms with Gasteiger partial charge in [-0.2, -0.15) is 0 Å². The number of hydrogen-bond acceptors (Lipinski definition) is 7. The number of rotatable bonds is 14. The summed E-state index contributed by atoms with van der Waals surface area (Å²) < 4.78 is 34.0. The lowest BCUT2D eigenvalue weighted by Gasteiger charge is -2.21. The van der Waals surface area contributed by atoms with Crippen LogP contribution in [0.25, 0.3) is 0 Å². The zero-order valence-electron chi connectivity index (χ0n) is 17.6. The molecule has 0 aromatic heterocycles. The van der Waals surface area contributed by atoms with Gasteiger partial charge in [0, 0.05) is 23.9 Å². The van der Waals surface area contributed by atoms with Crippen molar-refractivity contribution in [1.82, 2.24) is 0 Å². The molecule has 8 heteroatoms. The van der Waals surface area contributed by atoms with E-state index < -0.39 is 8.25 Å². The molecule has 7 nitrogen and oxygen atoms in total. The lowest BCUT2D eigenvalue weighted by molar-refractivity contribution is 0.156. The molecule has 0 aliphatic rings. The minimum Gasteiger partial charge on any atom is -0.493 e. The van der Waals surface area contributed by atoms with Crippen LogP contribution >= 0.6 is 8.25 Å². The SMILES string of the molecule is CC(COc1ccccc1)C(N)CO[PH](=O)OCC(N)C(C)COc1ccccc1. The van der Waals surface area contributed by atoms with Crippen molar-refractivity contribution < 1.29 is 23.1 Å². The Morgan fingerprint density at radius 3 is 1.43 bits per heavy atom. The van der Waals surface area contributed by atoms with Gasteiger partial charge in [-0.25, -0.2) is 0 Å². The third kappa shape index (κ3) is 9.28. The summed E-state index contributed by atoms with van der Waals surface area (Å²) in [5.41, 5.74) is 12.2. The van der Waals surface area contributed by atoms with Crippen LogP contribution in [-0.4, -0.2) is 38.5 Å². The van der Waals surface area contributed by atoms with Crippen LogP contribution in [0.3, 0.4) is 0 Å². The van der Waals surface area contributed by atoms with Gasteiger partial charge in [0.1, 0.15) is 11.5 Å². The molecule has 30 heavy (non-hydrogen) atoms. The number of benzene rings is 2. The standard InChI is InChI=1S/C22H33N2O5P/c1-17(13-26-19-9-5-3-6-10-19)21(23)15-28-30(25)29-16-22(24)18(2)14-27-20-11-7-4-8-12-20/h3-12,17-18,21-22,30H,13-16,23-24H2,1-2H3. The normalized spacial score (nSPS) is 16.3. The van der Waals surface area contributed by atoms with Crippen LogP contribution in [0.15, 0.2) is 60.7 Å². The van der Waals surface area contributed by atoms with Gasteiger partial charge in [0.25, 0.3) is 0 Å². The summed E-state index contributed by atoms with van der Waals surface area (Å²) in [7, 11) is -2.67. The van der Waals surface area contributed by atoms with Crippen molar-refractivity contribution in [3.8, 4) is 11.5 Å². The molecule has 2 aromatic carbocycles. The minimum atomic E-state index is -2.67. The van der Waals surface area contributed by atoms with Crippen LogP contribution in [0.1, 0.15) is 13.8 Å². The van der Waals surface area contributed by atoms with E-state index >= 15 is 0 Å². The van der Waals surface area contributed by atoms with Crippen molar-refractivity contribution >= 4 is 8.25 Å². The molecule has 2 aromatic rings.